The fraction of sp³-hybridized carbons (Fsp3) is 0.762. The molecule has 164 valence electrons. The number of methoxy groups -OCH3 is 2. The van der Waals surface area contributed by atoms with Crippen molar-refractivity contribution in [1.82, 2.24) is 5.32 Å². The predicted molar refractivity (Wildman–Crippen MR) is 111 cm³/mol. The lowest BCUT2D eigenvalue weighted by molar-refractivity contribution is -0.158. The van der Waals surface area contributed by atoms with Gasteiger partial charge >= 0.3 is 11.9 Å². The van der Waals surface area contributed by atoms with Gasteiger partial charge in [0.2, 0.25) is 5.91 Å². The number of nitrogens with one attached hydrogen (secondary N) is 1. The molecule has 1 aliphatic heterocycles. The third-order valence-corrected chi connectivity index (χ3v) is 11.3. The molecule has 1 aliphatic carbocycles. The lowest BCUT2D eigenvalue weighted by Gasteiger charge is -2.47. The maximum Gasteiger partial charge on any atom is 0.309 e. The van der Waals surface area contributed by atoms with Gasteiger partial charge in [0.05, 0.1) is 44.1 Å². The van der Waals surface area contributed by atoms with Crippen LogP contribution in [0.3, 0.4) is 0 Å². The summed E-state index contributed by atoms with van der Waals surface area (Å²) in [4.78, 5) is 36.8. The number of carbonyl (C=O) groups excluding carboxylic acids is 3. The van der Waals surface area contributed by atoms with E-state index in [2.05, 4.69) is 39.2 Å². The van der Waals surface area contributed by atoms with Crippen molar-refractivity contribution < 1.29 is 28.3 Å². The van der Waals surface area contributed by atoms with Crippen LogP contribution in [-0.2, 0) is 28.3 Å². The number of carbonyl (C=O) groups is 3. The zero-order valence-corrected chi connectivity index (χ0v) is 19.8. The van der Waals surface area contributed by atoms with Crippen molar-refractivity contribution in [2.24, 2.45) is 17.8 Å². The van der Waals surface area contributed by atoms with Crippen LogP contribution >= 0.6 is 0 Å². The highest BCUT2D eigenvalue weighted by molar-refractivity contribution is 6.74. The summed E-state index contributed by atoms with van der Waals surface area (Å²) in [6.07, 6.45) is 2.47. The molecule has 1 heterocycles. The molecule has 0 aromatic carbocycles. The quantitative estimate of drug-likeness (QED) is 0.305. The normalized spacial score (nSPS) is 28.6. The van der Waals surface area contributed by atoms with Crippen molar-refractivity contribution in [3.05, 3.63) is 11.6 Å². The number of allylic oxidation sites excluding steroid dienone is 1. The summed E-state index contributed by atoms with van der Waals surface area (Å²) in [6, 6.07) is -0.187. The molecule has 1 fully saturated rings. The zero-order valence-electron chi connectivity index (χ0n) is 18.8. The van der Waals surface area contributed by atoms with E-state index < -0.39 is 32.1 Å². The Balaban J connectivity index is 2.19. The predicted octanol–water partition coefficient (Wildman–Crippen LogP) is 2.81. The van der Waals surface area contributed by atoms with E-state index in [-0.39, 0.29) is 29.0 Å². The van der Waals surface area contributed by atoms with Crippen LogP contribution in [0.2, 0.25) is 18.1 Å². The second kappa shape index (κ2) is 8.59. The minimum atomic E-state index is -2.02. The Hall–Kier alpha value is -1.67. The smallest absolute Gasteiger partial charge is 0.309 e. The molecule has 0 bridgehead atoms. The summed E-state index contributed by atoms with van der Waals surface area (Å²) in [5.41, 5.74) is 0.954. The topological polar surface area (TPSA) is 90.9 Å². The standard InChI is InChI=1S/C21H35NO6Si/c1-12(28-29(7,8)21(2,3)4)16-17(22-18(16)23)13-9-10-14(19(24)26-5)15(11-13)20(25)27-6/h9,12,14-17H,10-11H2,1-8H3,(H,22,23)/t12-,14?,15?,16+,17+/m0/s1. The van der Waals surface area contributed by atoms with Crippen LogP contribution in [0, 0.1) is 17.8 Å². The van der Waals surface area contributed by atoms with Crippen LogP contribution in [-0.4, -0.2) is 52.5 Å². The third-order valence-electron chi connectivity index (χ3n) is 6.73. The van der Waals surface area contributed by atoms with Gasteiger partial charge in [-0.2, -0.15) is 0 Å². The number of hydrogen-bond donors (Lipinski definition) is 1. The number of esters is 2. The first-order valence-corrected chi connectivity index (χ1v) is 13.1. The fourth-order valence-corrected chi connectivity index (χ4v) is 5.33. The van der Waals surface area contributed by atoms with Gasteiger partial charge in [0.25, 0.3) is 0 Å². The molecule has 5 atom stereocenters. The molecule has 1 amide bonds. The number of β-lactam (4-membered cyclic amide) rings is 1. The lowest BCUT2D eigenvalue weighted by Crippen LogP contribution is -2.64. The highest BCUT2D eigenvalue weighted by atomic mass is 28.4. The second-order valence-corrected chi connectivity index (χ2v) is 14.3. The summed E-state index contributed by atoms with van der Waals surface area (Å²) in [6.45, 7) is 12.8. The molecule has 0 aromatic rings. The Morgan fingerprint density at radius 1 is 1.14 bits per heavy atom. The molecule has 2 aliphatic rings. The van der Waals surface area contributed by atoms with Crippen LogP contribution in [0.5, 0.6) is 0 Å². The van der Waals surface area contributed by atoms with Gasteiger partial charge in [0.1, 0.15) is 0 Å². The maximum atomic E-state index is 12.4. The van der Waals surface area contributed by atoms with E-state index in [1.807, 2.05) is 13.0 Å². The molecule has 29 heavy (non-hydrogen) atoms. The first kappa shape index (κ1) is 23.6. The van der Waals surface area contributed by atoms with Crippen molar-refractivity contribution >= 4 is 26.2 Å². The Morgan fingerprint density at radius 3 is 2.17 bits per heavy atom. The first-order chi connectivity index (χ1) is 13.3. The summed E-state index contributed by atoms with van der Waals surface area (Å²) in [5.74, 6) is -2.36. The van der Waals surface area contributed by atoms with E-state index in [1.54, 1.807) is 0 Å². The summed E-state index contributed by atoms with van der Waals surface area (Å²) >= 11 is 0. The van der Waals surface area contributed by atoms with Gasteiger partial charge in [-0.05, 0) is 37.9 Å². The molecular formula is C21H35NO6Si. The summed E-state index contributed by atoms with van der Waals surface area (Å²) in [5, 5.41) is 3.01. The zero-order chi connectivity index (χ0) is 22.1. The van der Waals surface area contributed by atoms with E-state index in [0.29, 0.717) is 12.8 Å². The number of amides is 1. The third kappa shape index (κ3) is 4.74. The number of hydrogen-bond acceptors (Lipinski definition) is 6. The molecule has 0 saturated carbocycles. The average Bonchev–Trinajstić information content (AvgIpc) is 2.62. The van der Waals surface area contributed by atoms with E-state index in [4.69, 9.17) is 13.9 Å². The Labute approximate surface area is 174 Å². The van der Waals surface area contributed by atoms with Gasteiger partial charge in [0, 0.05) is 0 Å². The van der Waals surface area contributed by atoms with E-state index in [1.165, 1.54) is 14.2 Å². The first-order valence-electron chi connectivity index (χ1n) is 10.2. The van der Waals surface area contributed by atoms with Crippen LogP contribution in [0.25, 0.3) is 0 Å². The highest BCUT2D eigenvalue weighted by Crippen LogP contribution is 2.41. The summed E-state index contributed by atoms with van der Waals surface area (Å²) < 4.78 is 16.2. The molecule has 2 unspecified atom stereocenters. The maximum absolute atomic E-state index is 12.4. The van der Waals surface area contributed by atoms with Gasteiger partial charge < -0.3 is 19.2 Å². The van der Waals surface area contributed by atoms with E-state index >= 15 is 0 Å². The minimum Gasteiger partial charge on any atom is -0.469 e. The van der Waals surface area contributed by atoms with Gasteiger partial charge in [-0.1, -0.05) is 32.4 Å². The van der Waals surface area contributed by atoms with Crippen molar-refractivity contribution in [1.29, 1.82) is 0 Å². The van der Waals surface area contributed by atoms with Crippen molar-refractivity contribution in [3.63, 3.8) is 0 Å². The average molecular weight is 426 g/mol. The monoisotopic (exact) mass is 425 g/mol. The highest BCUT2D eigenvalue weighted by Gasteiger charge is 2.50. The largest absolute Gasteiger partial charge is 0.469 e. The van der Waals surface area contributed by atoms with Crippen LogP contribution in [0.1, 0.15) is 40.5 Å². The molecular weight excluding hydrogens is 390 g/mol. The molecule has 1 saturated heterocycles. The van der Waals surface area contributed by atoms with Crippen LogP contribution in [0.15, 0.2) is 11.6 Å². The molecule has 0 spiro atoms. The van der Waals surface area contributed by atoms with Crippen molar-refractivity contribution in [2.75, 3.05) is 14.2 Å². The lowest BCUT2D eigenvalue weighted by atomic mass is 9.72. The van der Waals surface area contributed by atoms with E-state index in [0.717, 1.165) is 5.57 Å². The molecule has 8 heteroatoms. The Morgan fingerprint density at radius 2 is 1.69 bits per heavy atom. The minimum absolute atomic E-state index is 0.0354. The molecule has 1 N–H and O–H groups in total. The van der Waals surface area contributed by atoms with E-state index in [9.17, 15) is 14.4 Å². The van der Waals surface area contributed by atoms with Gasteiger partial charge in [-0.25, -0.2) is 0 Å². The summed E-state index contributed by atoms with van der Waals surface area (Å²) in [7, 11) is 0.610. The molecule has 0 radical (unpaired) electrons. The molecule has 7 nitrogen and oxygen atoms in total. The Kier molecular flexibility index (Phi) is 7.00. The van der Waals surface area contributed by atoms with Gasteiger partial charge in [0.15, 0.2) is 8.32 Å². The van der Waals surface area contributed by atoms with Crippen molar-refractivity contribution in [2.45, 2.75) is 70.8 Å². The molecule has 0 aromatic heterocycles. The van der Waals surface area contributed by atoms with Gasteiger partial charge in [-0.3, -0.25) is 14.4 Å². The second-order valence-electron chi connectivity index (χ2n) is 9.57. The van der Waals surface area contributed by atoms with Crippen molar-refractivity contribution in [3.8, 4) is 0 Å². The van der Waals surface area contributed by atoms with Gasteiger partial charge in [-0.15, -0.1) is 0 Å². The SMILES string of the molecule is COC(=O)C1CC=C([C@H]2NC(=O)[C@@H]2[C@H](C)O[Si](C)(C)C(C)(C)C)CC1C(=O)OC. The fourth-order valence-electron chi connectivity index (χ4n) is 3.90. The number of ether oxygens (including phenoxy) is 2. The number of rotatable bonds is 6. The Bertz CT molecular complexity index is 696. The van der Waals surface area contributed by atoms with Crippen LogP contribution < -0.4 is 5.32 Å². The molecule has 2 rings (SSSR count). The van der Waals surface area contributed by atoms with Crippen LogP contribution in [0.4, 0.5) is 0 Å².